The third-order valence-electron chi connectivity index (χ3n) is 6.94. The Kier molecular flexibility index (Phi) is 7.86. The van der Waals surface area contributed by atoms with Gasteiger partial charge in [-0.3, -0.25) is 18.5 Å². The maximum Gasteiger partial charge on any atom is 0.330 e. The molecule has 1 saturated heterocycles. The Bertz CT molecular complexity index is 1570. The molecule has 3 atom stereocenters. The minimum Gasteiger partial charge on any atom is -0.358 e. The third kappa shape index (κ3) is 5.71. The van der Waals surface area contributed by atoms with Crippen LogP contribution >= 0.6 is 0 Å². The van der Waals surface area contributed by atoms with Crippen molar-refractivity contribution in [3.05, 3.63) is 140 Å². The summed E-state index contributed by atoms with van der Waals surface area (Å²) < 4.78 is 44.0. The highest BCUT2D eigenvalue weighted by Crippen LogP contribution is 2.42. The maximum absolute atomic E-state index is 12.6. The lowest BCUT2D eigenvalue weighted by Crippen LogP contribution is -2.39. The molecule has 0 bridgehead atoms. The van der Waals surface area contributed by atoms with Crippen molar-refractivity contribution in [3.8, 4) is 0 Å². The summed E-state index contributed by atoms with van der Waals surface area (Å²) in [4.78, 5) is 26.8. The van der Waals surface area contributed by atoms with Gasteiger partial charge < -0.3 is 9.47 Å². The predicted octanol–water partition coefficient (Wildman–Crippen LogP) is 3.49. The summed E-state index contributed by atoms with van der Waals surface area (Å²) in [7, 11) is -3.86. The Morgan fingerprint density at radius 1 is 0.900 bits per heavy atom. The van der Waals surface area contributed by atoms with Crippen LogP contribution in [0.2, 0.25) is 0 Å². The zero-order chi connectivity index (χ0) is 28.3. The minimum atomic E-state index is -3.86. The first-order chi connectivity index (χ1) is 19.2. The second kappa shape index (κ2) is 11.3. The number of hydrogen-bond acceptors (Lipinski definition) is 7. The predicted molar refractivity (Wildman–Crippen MR) is 149 cm³/mol. The van der Waals surface area contributed by atoms with Crippen LogP contribution in [-0.4, -0.2) is 43.0 Å². The zero-order valence-corrected chi connectivity index (χ0v) is 22.9. The first-order valence-electron chi connectivity index (χ1n) is 12.8. The molecule has 0 amide bonds. The fourth-order valence-corrected chi connectivity index (χ4v) is 5.77. The number of aromatic nitrogens is 2. The number of nitrogens with zero attached hydrogens (tertiary/aromatic N) is 1. The van der Waals surface area contributed by atoms with Crippen LogP contribution in [0.3, 0.4) is 0 Å². The molecule has 0 spiro atoms. The van der Waals surface area contributed by atoms with Gasteiger partial charge in [-0.25, -0.2) is 4.79 Å². The molecule has 10 heteroatoms. The van der Waals surface area contributed by atoms with Gasteiger partial charge in [0, 0.05) is 18.2 Å². The first kappa shape index (κ1) is 27.7. The lowest BCUT2D eigenvalue weighted by molar-refractivity contribution is -0.0910. The van der Waals surface area contributed by atoms with Crippen molar-refractivity contribution in [1.82, 2.24) is 9.55 Å². The summed E-state index contributed by atoms with van der Waals surface area (Å²) in [5.41, 5.74) is 0.709. The number of ether oxygens (including phenoxy) is 2. The third-order valence-corrected chi connectivity index (χ3v) is 7.54. The van der Waals surface area contributed by atoms with Gasteiger partial charge in [-0.05, 0) is 23.6 Å². The monoisotopic (exact) mass is 562 g/mol. The zero-order valence-electron chi connectivity index (χ0n) is 22.1. The van der Waals surface area contributed by atoms with Crippen molar-refractivity contribution in [3.63, 3.8) is 0 Å². The van der Waals surface area contributed by atoms with Gasteiger partial charge in [-0.1, -0.05) is 91.0 Å². The number of aromatic amines is 1. The summed E-state index contributed by atoms with van der Waals surface area (Å²) in [6, 6.07) is 29.2. The first-order valence-corrected chi connectivity index (χ1v) is 14.7. The molecule has 40 heavy (non-hydrogen) atoms. The number of rotatable bonds is 9. The molecule has 9 nitrogen and oxygen atoms in total. The molecule has 3 aromatic carbocycles. The van der Waals surface area contributed by atoms with E-state index in [1.807, 2.05) is 91.0 Å². The van der Waals surface area contributed by atoms with Crippen LogP contribution in [0.25, 0.3) is 0 Å². The van der Waals surface area contributed by atoms with Crippen LogP contribution in [0.5, 0.6) is 0 Å². The van der Waals surface area contributed by atoms with E-state index in [1.165, 1.54) is 10.8 Å². The van der Waals surface area contributed by atoms with E-state index in [-0.39, 0.29) is 13.0 Å². The molecular formula is C30H30N2O7S. The second-order valence-electron chi connectivity index (χ2n) is 9.77. The highest BCUT2D eigenvalue weighted by molar-refractivity contribution is 7.86. The largest absolute Gasteiger partial charge is 0.358 e. The molecule has 208 valence electrons. The number of aryl methyl sites for hydroxylation is 1. The fraction of sp³-hybridized carbons (Fsp3) is 0.267. The highest BCUT2D eigenvalue weighted by Gasteiger charge is 2.44. The Morgan fingerprint density at radius 3 is 1.88 bits per heavy atom. The maximum atomic E-state index is 12.6. The van der Waals surface area contributed by atoms with E-state index in [4.69, 9.17) is 13.7 Å². The molecule has 4 aromatic rings. The van der Waals surface area contributed by atoms with Gasteiger partial charge in [0.1, 0.15) is 24.0 Å². The molecule has 5 rings (SSSR count). The number of H-pyrrole nitrogens is 1. The summed E-state index contributed by atoms with van der Waals surface area (Å²) in [5.74, 6) is 0. The Labute approximate surface area is 232 Å². The van der Waals surface area contributed by atoms with E-state index in [2.05, 4.69) is 4.98 Å². The normalized spacial score (nSPS) is 19.5. The van der Waals surface area contributed by atoms with E-state index in [0.717, 1.165) is 22.9 Å². The van der Waals surface area contributed by atoms with Gasteiger partial charge in [0.25, 0.3) is 15.7 Å². The van der Waals surface area contributed by atoms with Crippen LogP contribution in [-0.2, 0) is 29.4 Å². The topological polar surface area (TPSA) is 117 Å². The van der Waals surface area contributed by atoms with Crippen molar-refractivity contribution < 1.29 is 22.1 Å². The van der Waals surface area contributed by atoms with E-state index in [1.54, 1.807) is 6.92 Å². The van der Waals surface area contributed by atoms with E-state index in [9.17, 15) is 18.0 Å². The van der Waals surface area contributed by atoms with Crippen molar-refractivity contribution in [1.29, 1.82) is 0 Å². The minimum absolute atomic E-state index is 0.0570. The summed E-state index contributed by atoms with van der Waals surface area (Å²) in [6.45, 7) is 1.51. The van der Waals surface area contributed by atoms with Gasteiger partial charge in [0.05, 0.1) is 12.9 Å². The van der Waals surface area contributed by atoms with Gasteiger partial charge in [0.15, 0.2) is 0 Å². The molecular weight excluding hydrogens is 532 g/mol. The van der Waals surface area contributed by atoms with E-state index >= 15 is 0 Å². The average molecular weight is 563 g/mol. The Hall–Kier alpha value is -3.83. The van der Waals surface area contributed by atoms with Crippen LogP contribution in [0.4, 0.5) is 0 Å². The van der Waals surface area contributed by atoms with Gasteiger partial charge in [-0.15, -0.1) is 0 Å². The molecule has 3 unspecified atom stereocenters. The van der Waals surface area contributed by atoms with E-state index in [0.29, 0.717) is 5.56 Å². The average Bonchev–Trinajstić information content (AvgIpc) is 3.33. The van der Waals surface area contributed by atoms with Crippen molar-refractivity contribution >= 4 is 10.1 Å². The quantitative estimate of drug-likeness (QED) is 0.245. The molecule has 1 N–H and O–H groups in total. The number of benzene rings is 3. The lowest BCUT2D eigenvalue weighted by atomic mass is 9.80. The Balaban J connectivity index is 1.56. The van der Waals surface area contributed by atoms with Crippen LogP contribution in [0.1, 0.15) is 34.9 Å². The number of hydrogen-bond donors (Lipinski definition) is 1. The van der Waals surface area contributed by atoms with Crippen LogP contribution in [0.15, 0.2) is 107 Å². The van der Waals surface area contributed by atoms with Gasteiger partial charge >= 0.3 is 5.69 Å². The van der Waals surface area contributed by atoms with Gasteiger partial charge in [-0.2, -0.15) is 8.42 Å². The second-order valence-corrected chi connectivity index (χ2v) is 11.4. The summed E-state index contributed by atoms with van der Waals surface area (Å²) in [6.07, 6.45) is -0.232. The van der Waals surface area contributed by atoms with Crippen LogP contribution in [0, 0.1) is 6.92 Å². The summed E-state index contributed by atoms with van der Waals surface area (Å²) >= 11 is 0. The molecule has 1 aromatic heterocycles. The molecule has 0 saturated carbocycles. The highest BCUT2D eigenvalue weighted by atomic mass is 32.2. The molecule has 0 radical (unpaired) electrons. The van der Waals surface area contributed by atoms with Crippen molar-refractivity contribution in [2.45, 2.75) is 37.4 Å². The molecule has 1 aliphatic heterocycles. The number of nitrogens with one attached hydrogen (secondary N) is 1. The Morgan fingerprint density at radius 2 is 1.40 bits per heavy atom. The van der Waals surface area contributed by atoms with Crippen LogP contribution < -0.4 is 11.2 Å². The standard InChI is InChI=1S/C30H30N2O7S/c1-21-19-32(29(34)31-28(21)33)27-18-25(39-40(2,35)36)26(38-27)20-37-30(22-12-6-3-7-13-22,23-14-8-4-9-15-23)24-16-10-5-11-17-24/h3-17,19,25-27H,18,20H2,1-2H3,(H,31,33,34). The van der Waals surface area contributed by atoms with Crippen molar-refractivity contribution in [2.24, 2.45) is 0 Å². The lowest BCUT2D eigenvalue weighted by Gasteiger charge is -2.37. The summed E-state index contributed by atoms with van der Waals surface area (Å²) in [5, 5.41) is 0. The molecule has 1 aliphatic rings. The SMILES string of the molecule is Cc1cn(C2CC(OS(C)(=O)=O)C(COC(c3ccccc3)(c3ccccc3)c3ccccc3)O2)c(=O)[nH]c1=O. The molecule has 2 heterocycles. The fourth-order valence-electron chi connectivity index (χ4n) is 5.12. The van der Waals surface area contributed by atoms with Gasteiger partial charge in [0.2, 0.25) is 0 Å². The van der Waals surface area contributed by atoms with E-state index < -0.39 is 45.4 Å². The molecule has 0 aliphatic carbocycles. The molecule has 1 fully saturated rings. The van der Waals surface area contributed by atoms with Crippen molar-refractivity contribution in [2.75, 3.05) is 12.9 Å². The smallest absolute Gasteiger partial charge is 0.330 e.